The highest BCUT2D eigenvalue weighted by atomic mass is 16.5. The van der Waals surface area contributed by atoms with E-state index in [-0.39, 0.29) is 17.9 Å². The lowest BCUT2D eigenvalue weighted by Crippen LogP contribution is -2.56. The van der Waals surface area contributed by atoms with E-state index >= 15 is 0 Å². The lowest BCUT2D eigenvalue weighted by molar-refractivity contribution is -0.115. The van der Waals surface area contributed by atoms with Crippen LogP contribution in [0.15, 0.2) is 41.0 Å². The highest BCUT2D eigenvalue weighted by Crippen LogP contribution is 2.51. The number of fused-ring (bicyclic) bond motifs is 1. The van der Waals surface area contributed by atoms with Crippen molar-refractivity contribution in [3.05, 3.63) is 47.9 Å². The normalized spacial score (nSPS) is 27.2. The van der Waals surface area contributed by atoms with Crippen LogP contribution in [-0.4, -0.2) is 42.3 Å². The number of likely N-dealkylation sites (tertiary alicyclic amines) is 1. The number of hydrogen-bond donors (Lipinski definition) is 1. The van der Waals surface area contributed by atoms with E-state index in [1.807, 2.05) is 23.1 Å². The third-order valence-electron chi connectivity index (χ3n) is 6.32. The van der Waals surface area contributed by atoms with Gasteiger partial charge < -0.3 is 23.9 Å². The first-order valence-corrected chi connectivity index (χ1v) is 9.86. The lowest BCUT2D eigenvalue weighted by atomic mass is 9.66. The van der Waals surface area contributed by atoms with E-state index in [0.717, 1.165) is 31.2 Å². The molecule has 0 radical (unpaired) electrons. The van der Waals surface area contributed by atoms with Crippen LogP contribution in [0.25, 0.3) is 0 Å². The second kappa shape index (κ2) is 7.51. The minimum atomic E-state index is -0.767. The molecule has 6 heteroatoms. The summed E-state index contributed by atoms with van der Waals surface area (Å²) < 4.78 is 16.5. The summed E-state index contributed by atoms with van der Waals surface area (Å²) in [7, 11) is 3.25. The maximum Gasteiger partial charge on any atom is 0.290 e. The third kappa shape index (κ3) is 3.15. The average molecular weight is 385 g/mol. The number of furan rings is 1. The zero-order chi connectivity index (χ0) is 19.7. The molecule has 2 aliphatic rings. The maximum absolute atomic E-state index is 13.3. The standard InChI is InChI=1S/C22H27NO5/c1-26-15-8-9-18(27-2)16(14-15)20-17-6-3-4-10-22(17,25)11-12-23(20)21(24)19-7-5-13-28-19/h5,7-9,13-14,17,20,25H,3-4,6,10-12H2,1-2H3/t17-,20+,22-/m1/s1. The van der Waals surface area contributed by atoms with Crippen molar-refractivity contribution in [2.75, 3.05) is 20.8 Å². The van der Waals surface area contributed by atoms with Crippen molar-refractivity contribution in [2.24, 2.45) is 5.92 Å². The zero-order valence-electron chi connectivity index (χ0n) is 16.4. The molecule has 2 fully saturated rings. The van der Waals surface area contributed by atoms with Crippen LogP contribution in [0.1, 0.15) is 54.3 Å². The van der Waals surface area contributed by atoms with Crippen molar-refractivity contribution in [3.8, 4) is 11.5 Å². The van der Waals surface area contributed by atoms with Crippen molar-refractivity contribution in [3.63, 3.8) is 0 Å². The van der Waals surface area contributed by atoms with Crippen LogP contribution < -0.4 is 9.47 Å². The Morgan fingerprint density at radius 1 is 1.21 bits per heavy atom. The fourth-order valence-electron chi connectivity index (χ4n) is 4.91. The van der Waals surface area contributed by atoms with Crippen LogP contribution in [0.2, 0.25) is 0 Å². The molecule has 1 aliphatic heterocycles. The average Bonchev–Trinajstić information content (AvgIpc) is 3.26. The molecule has 28 heavy (non-hydrogen) atoms. The first kappa shape index (κ1) is 18.9. The van der Waals surface area contributed by atoms with Crippen molar-refractivity contribution in [1.29, 1.82) is 0 Å². The first-order valence-electron chi connectivity index (χ1n) is 9.86. The number of aliphatic hydroxyl groups is 1. The quantitative estimate of drug-likeness (QED) is 0.867. The predicted octanol–water partition coefficient (Wildman–Crippen LogP) is 3.81. The van der Waals surface area contributed by atoms with Crippen LogP contribution >= 0.6 is 0 Å². The highest BCUT2D eigenvalue weighted by molar-refractivity contribution is 5.92. The number of methoxy groups -OCH3 is 2. The van der Waals surface area contributed by atoms with Crippen molar-refractivity contribution in [1.82, 2.24) is 4.90 Å². The van der Waals surface area contributed by atoms with E-state index in [0.29, 0.717) is 30.2 Å². The molecule has 0 spiro atoms. The molecule has 150 valence electrons. The van der Waals surface area contributed by atoms with Crippen LogP contribution in [0.3, 0.4) is 0 Å². The summed E-state index contributed by atoms with van der Waals surface area (Å²) in [5, 5.41) is 11.4. The summed E-state index contributed by atoms with van der Waals surface area (Å²) in [6.07, 6.45) is 5.77. The number of ether oxygens (including phenoxy) is 2. The zero-order valence-corrected chi connectivity index (χ0v) is 16.4. The topological polar surface area (TPSA) is 72.1 Å². The molecule has 2 aromatic rings. The number of hydrogen-bond acceptors (Lipinski definition) is 5. The fourth-order valence-corrected chi connectivity index (χ4v) is 4.91. The highest BCUT2D eigenvalue weighted by Gasteiger charge is 2.51. The van der Waals surface area contributed by atoms with Gasteiger partial charge in [-0.1, -0.05) is 12.8 Å². The second-order valence-corrected chi connectivity index (χ2v) is 7.73. The number of carbonyl (C=O) groups excluding carboxylic acids is 1. The Labute approximate surface area is 165 Å². The number of rotatable bonds is 4. The van der Waals surface area contributed by atoms with Crippen LogP contribution in [0, 0.1) is 5.92 Å². The number of carbonyl (C=O) groups is 1. The predicted molar refractivity (Wildman–Crippen MR) is 104 cm³/mol. The van der Waals surface area contributed by atoms with Gasteiger partial charge in [-0.05, 0) is 49.6 Å². The van der Waals surface area contributed by atoms with E-state index in [9.17, 15) is 9.90 Å². The molecule has 3 atom stereocenters. The summed E-state index contributed by atoms with van der Waals surface area (Å²) in [6, 6.07) is 8.73. The molecular formula is C22H27NO5. The van der Waals surface area contributed by atoms with E-state index in [4.69, 9.17) is 13.9 Å². The van der Waals surface area contributed by atoms with Crippen LogP contribution in [0.4, 0.5) is 0 Å². The Morgan fingerprint density at radius 3 is 2.79 bits per heavy atom. The van der Waals surface area contributed by atoms with Gasteiger partial charge in [-0.3, -0.25) is 4.79 Å². The van der Waals surface area contributed by atoms with E-state index in [1.54, 1.807) is 26.4 Å². The molecule has 1 amide bonds. The van der Waals surface area contributed by atoms with E-state index in [2.05, 4.69) is 0 Å². The molecule has 4 rings (SSSR count). The minimum absolute atomic E-state index is 0.0603. The van der Waals surface area contributed by atoms with Gasteiger partial charge in [-0.15, -0.1) is 0 Å². The maximum atomic E-state index is 13.3. The SMILES string of the molecule is COc1ccc(OC)c([C@H]2[C@H]3CCCC[C@@]3(O)CCN2C(=O)c2ccco2)c1. The molecule has 2 heterocycles. The third-order valence-corrected chi connectivity index (χ3v) is 6.32. The van der Waals surface area contributed by atoms with E-state index in [1.165, 1.54) is 6.26 Å². The largest absolute Gasteiger partial charge is 0.497 e. The molecule has 1 N–H and O–H groups in total. The van der Waals surface area contributed by atoms with E-state index < -0.39 is 5.60 Å². The molecule has 1 aromatic carbocycles. The van der Waals surface area contributed by atoms with Crippen LogP contribution in [0.5, 0.6) is 11.5 Å². The smallest absolute Gasteiger partial charge is 0.290 e. The van der Waals surface area contributed by atoms with Crippen molar-refractivity contribution in [2.45, 2.75) is 43.7 Å². The molecule has 6 nitrogen and oxygen atoms in total. The fraction of sp³-hybridized carbons (Fsp3) is 0.500. The lowest BCUT2D eigenvalue weighted by Gasteiger charge is -2.52. The van der Waals surface area contributed by atoms with Gasteiger partial charge in [-0.25, -0.2) is 0 Å². The second-order valence-electron chi connectivity index (χ2n) is 7.73. The van der Waals surface area contributed by atoms with Gasteiger partial charge in [-0.2, -0.15) is 0 Å². The number of piperidine rings is 1. The van der Waals surface area contributed by atoms with Gasteiger partial charge in [0.1, 0.15) is 11.5 Å². The summed E-state index contributed by atoms with van der Waals surface area (Å²) in [4.78, 5) is 15.1. The Balaban J connectivity index is 1.82. The molecule has 1 aliphatic carbocycles. The van der Waals surface area contributed by atoms with Gasteiger partial charge in [0.15, 0.2) is 5.76 Å². The van der Waals surface area contributed by atoms with Gasteiger partial charge in [0, 0.05) is 18.0 Å². The van der Waals surface area contributed by atoms with Gasteiger partial charge in [0.2, 0.25) is 0 Å². The number of benzene rings is 1. The van der Waals surface area contributed by atoms with Crippen molar-refractivity contribution < 1.29 is 23.8 Å². The Bertz CT molecular complexity index is 833. The number of amides is 1. The summed E-state index contributed by atoms with van der Waals surface area (Å²) >= 11 is 0. The Kier molecular flexibility index (Phi) is 5.06. The van der Waals surface area contributed by atoms with Gasteiger partial charge in [0.25, 0.3) is 5.91 Å². The monoisotopic (exact) mass is 385 g/mol. The van der Waals surface area contributed by atoms with Gasteiger partial charge >= 0.3 is 0 Å². The minimum Gasteiger partial charge on any atom is -0.497 e. The van der Waals surface area contributed by atoms with Crippen LogP contribution in [-0.2, 0) is 0 Å². The Hall–Kier alpha value is -2.47. The molecule has 0 bridgehead atoms. The van der Waals surface area contributed by atoms with Crippen molar-refractivity contribution >= 4 is 5.91 Å². The molecule has 1 aromatic heterocycles. The summed E-state index contributed by atoms with van der Waals surface area (Å²) in [5.41, 5.74) is 0.100. The molecule has 0 unspecified atom stereocenters. The molecular weight excluding hydrogens is 358 g/mol. The van der Waals surface area contributed by atoms with Gasteiger partial charge in [0.05, 0.1) is 32.1 Å². The molecule has 1 saturated carbocycles. The first-order chi connectivity index (χ1) is 13.6. The molecule has 1 saturated heterocycles. The number of nitrogens with zero attached hydrogens (tertiary/aromatic N) is 1. The Morgan fingerprint density at radius 2 is 2.07 bits per heavy atom. The summed E-state index contributed by atoms with van der Waals surface area (Å²) in [5.74, 6) is 1.49. The summed E-state index contributed by atoms with van der Waals surface area (Å²) in [6.45, 7) is 0.470.